The molecule has 108 valence electrons. The van der Waals surface area contributed by atoms with Crippen molar-refractivity contribution in [1.29, 1.82) is 0 Å². The van der Waals surface area contributed by atoms with E-state index in [0.29, 0.717) is 6.54 Å². The van der Waals surface area contributed by atoms with Crippen LogP contribution >= 0.6 is 0 Å². The van der Waals surface area contributed by atoms with E-state index < -0.39 is 0 Å². The second kappa shape index (κ2) is 6.10. The van der Waals surface area contributed by atoms with E-state index >= 15 is 0 Å². The van der Waals surface area contributed by atoms with Gasteiger partial charge in [-0.25, -0.2) is 0 Å². The van der Waals surface area contributed by atoms with Gasteiger partial charge in [-0.15, -0.1) is 0 Å². The monoisotopic (exact) mass is 280 g/mol. The van der Waals surface area contributed by atoms with Crippen molar-refractivity contribution in [2.45, 2.75) is 19.4 Å². The van der Waals surface area contributed by atoms with Crippen molar-refractivity contribution >= 4 is 11.6 Å². The summed E-state index contributed by atoms with van der Waals surface area (Å²) in [5.74, 6) is 0.121. The summed E-state index contributed by atoms with van der Waals surface area (Å²) in [4.78, 5) is 14.8. The zero-order valence-corrected chi connectivity index (χ0v) is 12.3. The number of fused-ring (bicyclic) bond motifs is 1. The largest absolute Gasteiger partial charge is 0.311 e. The number of rotatable bonds is 3. The molecule has 1 N–H and O–H groups in total. The lowest BCUT2D eigenvalue weighted by Gasteiger charge is -2.31. The van der Waals surface area contributed by atoms with Crippen molar-refractivity contribution in [3.05, 3.63) is 65.7 Å². The molecule has 0 bridgehead atoms. The molecule has 0 saturated carbocycles. The number of carbonyl (C=O) groups excluding carboxylic acids is 1. The second-order valence-electron chi connectivity index (χ2n) is 5.25. The van der Waals surface area contributed by atoms with Crippen LogP contribution in [0.4, 0.5) is 5.69 Å². The van der Waals surface area contributed by atoms with Crippen LogP contribution < -0.4 is 10.2 Å². The van der Waals surface area contributed by atoms with Crippen LogP contribution in [0, 0.1) is 0 Å². The fraction of sp³-hybridized carbons (Fsp3) is 0.278. The van der Waals surface area contributed by atoms with Gasteiger partial charge in [-0.05, 0) is 36.6 Å². The van der Waals surface area contributed by atoms with Crippen LogP contribution in [0.15, 0.2) is 54.6 Å². The quantitative estimate of drug-likeness (QED) is 0.937. The molecule has 0 fully saturated rings. The molecule has 0 aromatic heterocycles. The molecule has 3 rings (SSSR count). The zero-order chi connectivity index (χ0) is 14.7. The third kappa shape index (κ3) is 2.69. The highest BCUT2D eigenvalue weighted by atomic mass is 16.2. The third-order valence-electron chi connectivity index (χ3n) is 4.01. The number of hydrogen-bond acceptors (Lipinski definition) is 2. The Bertz CT molecular complexity index is 624. The number of nitrogens with one attached hydrogen (secondary N) is 1. The molecule has 1 aliphatic heterocycles. The highest BCUT2D eigenvalue weighted by molar-refractivity contribution is 5.98. The molecule has 0 radical (unpaired) electrons. The number of hydrogen-bond donors (Lipinski definition) is 1. The highest BCUT2D eigenvalue weighted by Gasteiger charge is 2.29. The van der Waals surface area contributed by atoms with E-state index in [0.717, 1.165) is 24.2 Å². The van der Waals surface area contributed by atoms with Gasteiger partial charge in [0.2, 0.25) is 5.91 Å². The Kier molecular flexibility index (Phi) is 4.02. The Morgan fingerprint density at radius 1 is 1.14 bits per heavy atom. The van der Waals surface area contributed by atoms with Gasteiger partial charge in [0.25, 0.3) is 0 Å². The molecule has 1 heterocycles. The summed E-state index contributed by atoms with van der Waals surface area (Å²) in [7, 11) is 0. The van der Waals surface area contributed by atoms with Crippen LogP contribution in [0.2, 0.25) is 0 Å². The Morgan fingerprint density at radius 2 is 1.86 bits per heavy atom. The third-order valence-corrected chi connectivity index (χ3v) is 4.01. The van der Waals surface area contributed by atoms with E-state index in [-0.39, 0.29) is 11.9 Å². The van der Waals surface area contributed by atoms with Crippen molar-refractivity contribution in [3.63, 3.8) is 0 Å². The Balaban J connectivity index is 1.92. The summed E-state index contributed by atoms with van der Waals surface area (Å²) in [6.07, 6.45) is 0.984. The minimum atomic E-state index is -0.241. The number of anilines is 1. The maximum atomic E-state index is 13.0. The minimum absolute atomic E-state index is 0.121. The summed E-state index contributed by atoms with van der Waals surface area (Å²) in [6, 6.07) is 17.8. The summed E-state index contributed by atoms with van der Waals surface area (Å²) in [5.41, 5.74) is 3.34. The molecule has 3 nitrogen and oxygen atoms in total. The van der Waals surface area contributed by atoms with Crippen LogP contribution in [-0.2, 0) is 11.2 Å². The Hall–Kier alpha value is -2.13. The zero-order valence-electron chi connectivity index (χ0n) is 12.3. The van der Waals surface area contributed by atoms with Crippen molar-refractivity contribution in [2.75, 3.05) is 18.0 Å². The predicted octanol–water partition coefficient (Wildman–Crippen LogP) is 2.93. The van der Waals surface area contributed by atoms with E-state index in [4.69, 9.17) is 0 Å². The van der Waals surface area contributed by atoms with Gasteiger partial charge in [-0.3, -0.25) is 4.79 Å². The molecule has 1 unspecified atom stereocenters. The molecule has 1 atom stereocenters. The number of amides is 1. The second-order valence-corrected chi connectivity index (χ2v) is 5.25. The van der Waals surface area contributed by atoms with Crippen LogP contribution in [-0.4, -0.2) is 19.0 Å². The average molecular weight is 280 g/mol. The summed E-state index contributed by atoms with van der Waals surface area (Å²) >= 11 is 0. The normalized spacial score (nSPS) is 17.1. The maximum Gasteiger partial charge on any atom is 0.248 e. The SMILES string of the molecule is CCN(C(=O)C1NCCc2ccccc21)c1ccccc1. The first-order valence-corrected chi connectivity index (χ1v) is 7.49. The van der Waals surface area contributed by atoms with Crippen LogP contribution in [0.3, 0.4) is 0 Å². The lowest BCUT2D eigenvalue weighted by molar-refractivity contribution is -0.120. The van der Waals surface area contributed by atoms with Crippen LogP contribution in [0.25, 0.3) is 0 Å². The minimum Gasteiger partial charge on any atom is -0.311 e. The molecular weight excluding hydrogens is 260 g/mol. The lowest BCUT2D eigenvalue weighted by Crippen LogP contribution is -2.44. The molecule has 1 aliphatic rings. The average Bonchev–Trinajstić information content (AvgIpc) is 2.56. The van der Waals surface area contributed by atoms with Gasteiger partial charge >= 0.3 is 0 Å². The van der Waals surface area contributed by atoms with Gasteiger partial charge in [0, 0.05) is 18.8 Å². The van der Waals surface area contributed by atoms with Gasteiger partial charge in [0.05, 0.1) is 0 Å². The fourth-order valence-electron chi connectivity index (χ4n) is 2.95. The van der Waals surface area contributed by atoms with Crippen molar-refractivity contribution in [2.24, 2.45) is 0 Å². The molecule has 3 heteroatoms. The summed E-state index contributed by atoms with van der Waals surface area (Å²) in [5, 5.41) is 3.37. The van der Waals surface area contributed by atoms with Gasteiger partial charge in [0.1, 0.15) is 6.04 Å². The fourth-order valence-corrected chi connectivity index (χ4v) is 2.95. The molecule has 21 heavy (non-hydrogen) atoms. The Labute approximate surface area is 125 Å². The van der Waals surface area contributed by atoms with Gasteiger partial charge in [-0.2, -0.15) is 0 Å². The first-order chi connectivity index (χ1) is 10.3. The molecular formula is C18H20N2O. The van der Waals surface area contributed by atoms with Crippen LogP contribution in [0.1, 0.15) is 24.1 Å². The van der Waals surface area contributed by atoms with Crippen molar-refractivity contribution < 1.29 is 4.79 Å². The van der Waals surface area contributed by atoms with Crippen LogP contribution in [0.5, 0.6) is 0 Å². The number of nitrogens with zero attached hydrogens (tertiary/aromatic N) is 1. The topological polar surface area (TPSA) is 32.3 Å². The first-order valence-electron chi connectivity index (χ1n) is 7.49. The number of benzene rings is 2. The van der Waals surface area contributed by atoms with E-state index in [1.807, 2.05) is 54.3 Å². The summed E-state index contributed by atoms with van der Waals surface area (Å²) < 4.78 is 0. The highest BCUT2D eigenvalue weighted by Crippen LogP contribution is 2.26. The lowest BCUT2D eigenvalue weighted by atomic mass is 9.93. The molecule has 1 amide bonds. The predicted molar refractivity (Wildman–Crippen MR) is 85.4 cm³/mol. The number of para-hydroxylation sites is 1. The van der Waals surface area contributed by atoms with Crippen molar-refractivity contribution in [3.8, 4) is 0 Å². The van der Waals surface area contributed by atoms with E-state index in [1.165, 1.54) is 5.56 Å². The number of carbonyl (C=O) groups is 1. The van der Waals surface area contributed by atoms with Gasteiger partial charge < -0.3 is 10.2 Å². The van der Waals surface area contributed by atoms with E-state index in [2.05, 4.69) is 17.4 Å². The Morgan fingerprint density at radius 3 is 2.62 bits per heavy atom. The first kappa shape index (κ1) is 13.8. The standard InChI is InChI=1S/C18H20N2O/c1-2-20(15-9-4-3-5-10-15)18(21)17-16-11-7-6-8-14(16)12-13-19-17/h3-11,17,19H,2,12-13H2,1H3. The smallest absolute Gasteiger partial charge is 0.248 e. The molecule has 2 aromatic carbocycles. The van der Waals surface area contributed by atoms with Gasteiger partial charge in [-0.1, -0.05) is 42.5 Å². The molecule has 0 spiro atoms. The number of likely N-dealkylation sites (N-methyl/N-ethyl adjacent to an activating group) is 1. The van der Waals surface area contributed by atoms with E-state index in [9.17, 15) is 4.79 Å². The molecule has 0 aliphatic carbocycles. The van der Waals surface area contributed by atoms with Crippen molar-refractivity contribution in [1.82, 2.24) is 5.32 Å². The van der Waals surface area contributed by atoms with Gasteiger partial charge in [0.15, 0.2) is 0 Å². The summed E-state index contributed by atoms with van der Waals surface area (Å²) in [6.45, 7) is 3.53. The maximum absolute atomic E-state index is 13.0. The molecule has 2 aromatic rings. The van der Waals surface area contributed by atoms with E-state index in [1.54, 1.807) is 0 Å². The molecule has 0 saturated heterocycles.